The van der Waals surface area contributed by atoms with Gasteiger partial charge in [-0.15, -0.1) is 0 Å². The zero-order chi connectivity index (χ0) is 23.5. The van der Waals surface area contributed by atoms with Crippen molar-refractivity contribution in [2.45, 2.75) is 76.9 Å². The number of ether oxygens (including phenoxy) is 2. The largest absolute Gasteiger partial charge is 0.508 e. The van der Waals surface area contributed by atoms with E-state index in [9.17, 15) is 20.1 Å². The van der Waals surface area contributed by atoms with E-state index in [2.05, 4.69) is 20.8 Å². The lowest BCUT2D eigenvalue weighted by molar-refractivity contribution is 0.00209. The summed E-state index contributed by atoms with van der Waals surface area (Å²) in [5.74, 6) is 0.124. The molecule has 1 heterocycles. The minimum atomic E-state index is -0.361. The number of benzene rings is 2. The first-order valence-corrected chi connectivity index (χ1v) is 11.2. The quantitative estimate of drug-likeness (QED) is 0.456. The Morgan fingerprint density at radius 1 is 1.16 bits per heavy atom. The highest BCUT2D eigenvalue weighted by atomic mass is 16.5. The van der Waals surface area contributed by atoms with Crippen molar-refractivity contribution in [3.05, 3.63) is 47.0 Å². The summed E-state index contributed by atoms with van der Waals surface area (Å²) in [6.45, 7) is 6.23. The Balaban J connectivity index is 1.69. The summed E-state index contributed by atoms with van der Waals surface area (Å²) in [5.41, 5.74) is 1.57. The predicted octanol–water partition coefficient (Wildman–Crippen LogP) is 5.30. The van der Waals surface area contributed by atoms with Gasteiger partial charge >= 0.3 is 0 Å². The molecule has 2 aromatic rings. The van der Waals surface area contributed by atoms with Gasteiger partial charge in [0.25, 0.3) is 0 Å². The number of methoxy groups -OCH3 is 1. The smallest absolute Gasteiger partial charge is 0.166 e. The molecule has 0 saturated carbocycles. The molecule has 0 aromatic heterocycles. The lowest BCUT2D eigenvalue weighted by atomic mass is 9.84. The Labute approximate surface area is 189 Å². The molecule has 6 nitrogen and oxygen atoms in total. The fourth-order valence-corrected chi connectivity index (χ4v) is 4.27. The normalized spacial score (nSPS) is 18.1. The van der Waals surface area contributed by atoms with Gasteiger partial charge in [0.15, 0.2) is 17.3 Å². The van der Waals surface area contributed by atoms with Gasteiger partial charge in [0.1, 0.15) is 17.1 Å². The minimum absolute atomic E-state index is 0.0855. The number of Topliss-reactive ketones (excluding diaryl/α,β-unsaturated/α-hetero) is 1. The van der Waals surface area contributed by atoms with Gasteiger partial charge in [-0.3, -0.25) is 4.79 Å². The van der Waals surface area contributed by atoms with Crippen molar-refractivity contribution in [3.8, 4) is 23.0 Å². The Bertz CT molecular complexity index is 981. The lowest BCUT2D eigenvalue weighted by Crippen LogP contribution is -2.37. The van der Waals surface area contributed by atoms with E-state index < -0.39 is 0 Å². The second-order valence-corrected chi connectivity index (χ2v) is 9.55. The van der Waals surface area contributed by atoms with E-state index in [1.165, 1.54) is 12.1 Å². The molecule has 1 unspecified atom stereocenters. The first-order valence-electron chi connectivity index (χ1n) is 11.2. The molecule has 0 aliphatic carbocycles. The highest BCUT2D eigenvalue weighted by Gasteiger charge is 2.34. The van der Waals surface area contributed by atoms with Gasteiger partial charge < -0.3 is 24.8 Å². The van der Waals surface area contributed by atoms with Crippen LogP contribution in [-0.2, 0) is 17.6 Å². The van der Waals surface area contributed by atoms with E-state index in [4.69, 9.17) is 9.47 Å². The van der Waals surface area contributed by atoms with Crippen LogP contribution in [0.1, 0.15) is 74.4 Å². The zero-order valence-corrected chi connectivity index (χ0v) is 19.4. The van der Waals surface area contributed by atoms with Crippen molar-refractivity contribution in [2.24, 2.45) is 0 Å². The van der Waals surface area contributed by atoms with Gasteiger partial charge in [0.05, 0.1) is 11.2 Å². The number of hydrogen-bond donors (Lipinski definition) is 3. The van der Waals surface area contributed by atoms with Crippen LogP contribution in [0.15, 0.2) is 30.3 Å². The molecule has 1 atom stereocenters. The minimum Gasteiger partial charge on any atom is -0.508 e. The number of phenolic OH excluding ortho intramolecular Hbond substituents is 3. The molecule has 2 aromatic carbocycles. The Morgan fingerprint density at radius 2 is 1.91 bits per heavy atom. The number of carbonyl (C=O) groups is 1. The molecule has 0 fully saturated rings. The van der Waals surface area contributed by atoms with Crippen LogP contribution in [0.2, 0.25) is 0 Å². The van der Waals surface area contributed by atoms with Gasteiger partial charge in [0.2, 0.25) is 0 Å². The molecule has 174 valence electrons. The zero-order valence-electron chi connectivity index (χ0n) is 19.4. The summed E-state index contributed by atoms with van der Waals surface area (Å²) >= 11 is 0. The van der Waals surface area contributed by atoms with Crippen molar-refractivity contribution < 1.29 is 29.6 Å². The molecule has 1 aliphatic rings. The molecule has 0 radical (unpaired) electrons. The lowest BCUT2D eigenvalue weighted by Gasteiger charge is -2.37. The average Bonchev–Trinajstić information content (AvgIpc) is 2.73. The molecule has 3 rings (SSSR count). The fraction of sp³-hybridized carbons (Fsp3) is 0.500. The molecule has 6 heteroatoms. The van der Waals surface area contributed by atoms with E-state index in [0.717, 1.165) is 49.3 Å². The second-order valence-electron chi connectivity index (χ2n) is 9.55. The summed E-state index contributed by atoms with van der Waals surface area (Å²) in [6, 6.07) is 7.44. The number of aryl methyl sites for hydroxylation is 1. The Hall–Kier alpha value is -2.73. The van der Waals surface area contributed by atoms with Crippen molar-refractivity contribution in [1.82, 2.24) is 0 Å². The van der Waals surface area contributed by atoms with E-state index in [0.29, 0.717) is 12.2 Å². The Kier molecular flexibility index (Phi) is 7.03. The maximum Gasteiger partial charge on any atom is 0.166 e. The average molecular weight is 443 g/mol. The summed E-state index contributed by atoms with van der Waals surface area (Å²) in [7, 11) is 1.72. The van der Waals surface area contributed by atoms with Crippen molar-refractivity contribution in [3.63, 3.8) is 0 Å². The Morgan fingerprint density at radius 3 is 2.59 bits per heavy atom. The molecular formula is C26H34O6. The van der Waals surface area contributed by atoms with Gasteiger partial charge in [-0.05, 0) is 83.1 Å². The third-order valence-corrected chi connectivity index (χ3v) is 6.53. The van der Waals surface area contributed by atoms with Crippen LogP contribution in [0.3, 0.4) is 0 Å². The monoisotopic (exact) mass is 442 g/mol. The first-order chi connectivity index (χ1) is 15.0. The van der Waals surface area contributed by atoms with Crippen LogP contribution in [0.4, 0.5) is 0 Å². The topological polar surface area (TPSA) is 96.2 Å². The third kappa shape index (κ3) is 5.54. The number of ketones is 1. The van der Waals surface area contributed by atoms with Crippen molar-refractivity contribution in [1.29, 1.82) is 0 Å². The van der Waals surface area contributed by atoms with Crippen molar-refractivity contribution in [2.75, 3.05) is 7.11 Å². The van der Waals surface area contributed by atoms with Gasteiger partial charge in [-0.1, -0.05) is 6.07 Å². The van der Waals surface area contributed by atoms with Crippen LogP contribution in [0, 0.1) is 0 Å². The van der Waals surface area contributed by atoms with Crippen LogP contribution < -0.4 is 4.74 Å². The molecule has 1 aliphatic heterocycles. The molecule has 0 bridgehead atoms. The number of hydrogen-bond acceptors (Lipinski definition) is 6. The molecule has 32 heavy (non-hydrogen) atoms. The number of phenols is 3. The van der Waals surface area contributed by atoms with E-state index in [-0.39, 0.29) is 46.2 Å². The number of rotatable bonds is 9. The summed E-state index contributed by atoms with van der Waals surface area (Å²) in [6.07, 6.45) is 5.02. The van der Waals surface area contributed by atoms with E-state index >= 15 is 0 Å². The standard InChI is InChI=1S/C26H34O6/c1-25(2,31-4)13-5-14-26(3)15-12-19-17(7-11-22(29)24(19)32-26)6-10-21(28)20-9-8-18(27)16-23(20)30/h7-9,11,16,27,29-30H,5-6,10,12-15H2,1-4H3. The maximum absolute atomic E-state index is 12.6. The van der Waals surface area contributed by atoms with Gasteiger partial charge in [-0.2, -0.15) is 0 Å². The van der Waals surface area contributed by atoms with Crippen LogP contribution in [0.5, 0.6) is 23.0 Å². The summed E-state index contributed by atoms with van der Waals surface area (Å²) < 4.78 is 11.8. The van der Waals surface area contributed by atoms with Crippen LogP contribution in [-0.4, -0.2) is 39.4 Å². The van der Waals surface area contributed by atoms with E-state index in [1.54, 1.807) is 13.2 Å². The van der Waals surface area contributed by atoms with Gasteiger partial charge in [0, 0.05) is 25.2 Å². The molecule has 0 amide bonds. The molecule has 0 saturated heterocycles. The number of carbonyl (C=O) groups excluding carboxylic acids is 1. The molecular weight excluding hydrogens is 408 g/mol. The predicted molar refractivity (Wildman–Crippen MR) is 123 cm³/mol. The van der Waals surface area contributed by atoms with Crippen LogP contribution >= 0.6 is 0 Å². The van der Waals surface area contributed by atoms with Gasteiger partial charge in [-0.25, -0.2) is 0 Å². The second kappa shape index (κ2) is 9.41. The van der Waals surface area contributed by atoms with Crippen molar-refractivity contribution >= 4 is 5.78 Å². The summed E-state index contributed by atoms with van der Waals surface area (Å²) in [5, 5.41) is 29.8. The number of fused-ring (bicyclic) bond motifs is 1. The van der Waals surface area contributed by atoms with Crippen LogP contribution in [0.25, 0.3) is 0 Å². The van der Waals surface area contributed by atoms with E-state index in [1.807, 2.05) is 6.07 Å². The molecule has 3 N–H and O–H groups in total. The summed E-state index contributed by atoms with van der Waals surface area (Å²) in [4.78, 5) is 12.6. The fourth-order valence-electron chi connectivity index (χ4n) is 4.27. The highest BCUT2D eigenvalue weighted by Crippen LogP contribution is 2.43. The first kappa shape index (κ1) is 23.9. The molecule has 0 spiro atoms. The maximum atomic E-state index is 12.6. The number of aromatic hydroxyl groups is 3. The third-order valence-electron chi connectivity index (χ3n) is 6.53. The highest BCUT2D eigenvalue weighted by molar-refractivity contribution is 5.98. The SMILES string of the molecule is COC(C)(C)CCCC1(C)CCc2c(CCC(=O)c3ccc(O)cc3O)ccc(O)c2O1.